The molecule has 1 aromatic carbocycles. The first-order valence-electron chi connectivity index (χ1n) is 6.82. The van der Waals surface area contributed by atoms with E-state index in [1.54, 1.807) is 0 Å². The molecule has 0 bridgehead atoms. The molecule has 1 aromatic rings. The van der Waals surface area contributed by atoms with Crippen LogP contribution in [0.5, 0.6) is 0 Å². The molecule has 1 N–H and O–H groups in total. The third kappa shape index (κ3) is 2.90. The molecule has 0 saturated heterocycles. The quantitative estimate of drug-likeness (QED) is 0.821. The zero-order valence-corrected chi connectivity index (χ0v) is 11.6. The van der Waals surface area contributed by atoms with Crippen molar-refractivity contribution in [2.75, 3.05) is 0 Å². The molecule has 94 valence electrons. The molecular formula is C16H25N. The molecule has 17 heavy (non-hydrogen) atoms. The Balaban J connectivity index is 2.04. The van der Waals surface area contributed by atoms with Gasteiger partial charge in [0.1, 0.15) is 0 Å². The van der Waals surface area contributed by atoms with Gasteiger partial charge in [0.25, 0.3) is 0 Å². The fraction of sp³-hybridized carbons (Fsp3) is 0.625. The van der Waals surface area contributed by atoms with Crippen LogP contribution in [0.3, 0.4) is 0 Å². The fourth-order valence-corrected chi connectivity index (χ4v) is 2.97. The molecule has 1 fully saturated rings. The van der Waals surface area contributed by atoms with Crippen molar-refractivity contribution in [1.82, 2.24) is 5.32 Å². The van der Waals surface area contributed by atoms with E-state index in [1.165, 1.54) is 30.4 Å². The molecular weight excluding hydrogens is 206 g/mol. The van der Waals surface area contributed by atoms with Gasteiger partial charge in [0.05, 0.1) is 0 Å². The van der Waals surface area contributed by atoms with Crippen molar-refractivity contribution in [1.29, 1.82) is 0 Å². The summed E-state index contributed by atoms with van der Waals surface area (Å²) in [6.07, 6.45) is 4.04. The van der Waals surface area contributed by atoms with Gasteiger partial charge in [-0.1, -0.05) is 50.1 Å². The van der Waals surface area contributed by atoms with Crippen molar-refractivity contribution < 1.29 is 0 Å². The Kier molecular flexibility index (Phi) is 3.58. The van der Waals surface area contributed by atoms with Gasteiger partial charge in [-0.15, -0.1) is 0 Å². The van der Waals surface area contributed by atoms with Crippen molar-refractivity contribution in [3.05, 3.63) is 35.4 Å². The SMILES string of the molecule is Cc1cccc(C(C)NC2CCCC2(C)C)c1. The molecule has 1 saturated carbocycles. The summed E-state index contributed by atoms with van der Waals surface area (Å²) in [7, 11) is 0. The van der Waals surface area contributed by atoms with Crippen molar-refractivity contribution >= 4 is 0 Å². The molecule has 2 rings (SSSR count). The lowest BCUT2D eigenvalue weighted by Crippen LogP contribution is -2.39. The van der Waals surface area contributed by atoms with Crippen molar-refractivity contribution in [2.24, 2.45) is 5.41 Å². The number of nitrogens with one attached hydrogen (secondary N) is 1. The molecule has 0 radical (unpaired) electrons. The summed E-state index contributed by atoms with van der Waals surface area (Å²) >= 11 is 0. The van der Waals surface area contributed by atoms with E-state index in [0.29, 0.717) is 17.5 Å². The molecule has 1 aliphatic rings. The second-order valence-corrected chi connectivity index (χ2v) is 6.24. The van der Waals surface area contributed by atoms with Crippen molar-refractivity contribution in [3.63, 3.8) is 0 Å². The molecule has 0 amide bonds. The van der Waals surface area contributed by atoms with Gasteiger partial charge in [0.15, 0.2) is 0 Å². The third-order valence-electron chi connectivity index (χ3n) is 4.25. The molecule has 0 aromatic heterocycles. The predicted molar refractivity (Wildman–Crippen MR) is 74.1 cm³/mol. The van der Waals surface area contributed by atoms with Crippen LogP contribution < -0.4 is 5.32 Å². The van der Waals surface area contributed by atoms with Gasteiger partial charge in [-0.05, 0) is 37.7 Å². The minimum atomic E-state index is 0.456. The maximum Gasteiger partial charge on any atom is 0.0294 e. The van der Waals surface area contributed by atoms with Gasteiger partial charge in [-0.3, -0.25) is 0 Å². The van der Waals surface area contributed by atoms with Crippen molar-refractivity contribution in [3.8, 4) is 0 Å². The highest BCUT2D eigenvalue weighted by Gasteiger charge is 2.34. The van der Waals surface area contributed by atoms with Crippen LogP contribution in [0.2, 0.25) is 0 Å². The summed E-state index contributed by atoms with van der Waals surface area (Å²) in [5.74, 6) is 0. The van der Waals surface area contributed by atoms with Crippen LogP contribution in [0, 0.1) is 12.3 Å². The second kappa shape index (κ2) is 4.81. The lowest BCUT2D eigenvalue weighted by molar-refractivity contribution is 0.266. The summed E-state index contributed by atoms with van der Waals surface area (Å²) in [6.45, 7) is 9.22. The maximum absolute atomic E-state index is 3.81. The maximum atomic E-state index is 3.81. The molecule has 2 atom stereocenters. The monoisotopic (exact) mass is 231 g/mol. The lowest BCUT2D eigenvalue weighted by atomic mass is 9.86. The average Bonchev–Trinajstić information content (AvgIpc) is 2.58. The van der Waals surface area contributed by atoms with Gasteiger partial charge in [0.2, 0.25) is 0 Å². The number of hydrogen-bond acceptors (Lipinski definition) is 1. The molecule has 1 nitrogen and oxygen atoms in total. The Hall–Kier alpha value is -0.820. The second-order valence-electron chi connectivity index (χ2n) is 6.24. The van der Waals surface area contributed by atoms with E-state index in [2.05, 4.69) is 57.3 Å². The Morgan fingerprint density at radius 2 is 2.12 bits per heavy atom. The molecule has 2 unspecified atom stereocenters. The van der Waals surface area contributed by atoms with Crippen LogP contribution in [-0.4, -0.2) is 6.04 Å². The average molecular weight is 231 g/mol. The predicted octanol–water partition coefficient (Wildman–Crippen LogP) is 4.22. The Morgan fingerprint density at radius 3 is 2.71 bits per heavy atom. The number of benzene rings is 1. The summed E-state index contributed by atoms with van der Waals surface area (Å²) < 4.78 is 0. The number of hydrogen-bond donors (Lipinski definition) is 1. The van der Waals surface area contributed by atoms with Crippen LogP contribution in [0.25, 0.3) is 0 Å². The Labute approximate surface area is 106 Å². The smallest absolute Gasteiger partial charge is 0.0294 e. The third-order valence-corrected chi connectivity index (χ3v) is 4.25. The fourth-order valence-electron chi connectivity index (χ4n) is 2.97. The van der Waals surface area contributed by atoms with Crippen LogP contribution in [-0.2, 0) is 0 Å². The van der Waals surface area contributed by atoms with Gasteiger partial charge in [-0.25, -0.2) is 0 Å². The van der Waals surface area contributed by atoms with Gasteiger partial charge >= 0.3 is 0 Å². The summed E-state index contributed by atoms with van der Waals surface area (Å²) in [5.41, 5.74) is 3.22. The van der Waals surface area contributed by atoms with Crippen LogP contribution in [0.15, 0.2) is 24.3 Å². The summed E-state index contributed by atoms with van der Waals surface area (Å²) in [6, 6.07) is 9.96. The Bertz CT molecular complexity index is 381. The molecule has 1 heteroatoms. The zero-order chi connectivity index (χ0) is 12.5. The minimum absolute atomic E-state index is 0.456. The highest BCUT2D eigenvalue weighted by molar-refractivity contribution is 5.24. The van der Waals surface area contributed by atoms with Gasteiger partial charge in [0, 0.05) is 12.1 Å². The van der Waals surface area contributed by atoms with Crippen LogP contribution >= 0.6 is 0 Å². The van der Waals surface area contributed by atoms with Gasteiger partial charge in [-0.2, -0.15) is 0 Å². The largest absolute Gasteiger partial charge is 0.307 e. The van der Waals surface area contributed by atoms with Crippen LogP contribution in [0.1, 0.15) is 57.2 Å². The zero-order valence-electron chi connectivity index (χ0n) is 11.6. The molecule has 0 aliphatic heterocycles. The minimum Gasteiger partial charge on any atom is -0.307 e. The van der Waals surface area contributed by atoms with E-state index >= 15 is 0 Å². The van der Waals surface area contributed by atoms with E-state index in [0.717, 1.165) is 0 Å². The van der Waals surface area contributed by atoms with E-state index < -0.39 is 0 Å². The first-order chi connectivity index (χ1) is 7.99. The van der Waals surface area contributed by atoms with Crippen LogP contribution in [0.4, 0.5) is 0 Å². The molecule has 0 spiro atoms. The van der Waals surface area contributed by atoms with Crippen molar-refractivity contribution in [2.45, 2.75) is 59.0 Å². The Morgan fingerprint density at radius 1 is 1.35 bits per heavy atom. The lowest BCUT2D eigenvalue weighted by Gasteiger charge is -2.31. The highest BCUT2D eigenvalue weighted by atomic mass is 15.0. The van der Waals surface area contributed by atoms with E-state index in [1.807, 2.05) is 0 Å². The van der Waals surface area contributed by atoms with E-state index in [-0.39, 0.29) is 0 Å². The summed E-state index contributed by atoms with van der Waals surface area (Å²) in [5, 5.41) is 3.81. The number of aryl methyl sites for hydroxylation is 1. The first kappa shape index (κ1) is 12.6. The topological polar surface area (TPSA) is 12.0 Å². The molecule has 1 aliphatic carbocycles. The molecule has 0 heterocycles. The van der Waals surface area contributed by atoms with Gasteiger partial charge < -0.3 is 5.32 Å². The number of rotatable bonds is 3. The highest BCUT2D eigenvalue weighted by Crippen LogP contribution is 2.38. The summed E-state index contributed by atoms with van der Waals surface area (Å²) in [4.78, 5) is 0. The normalized spacial score (nSPS) is 24.8. The van der Waals surface area contributed by atoms with E-state index in [9.17, 15) is 0 Å². The van der Waals surface area contributed by atoms with E-state index in [4.69, 9.17) is 0 Å². The first-order valence-corrected chi connectivity index (χ1v) is 6.82. The standard InChI is InChI=1S/C16H25N/c1-12-7-5-8-14(11-12)13(2)17-15-9-6-10-16(15,3)4/h5,7-8,11,13,15,17H,6,9-10H2,1-4H3.